The Bertz CT molecular complexity index is 863. The largest absolute Gasteiger partial charge is 0.480 e. The fraction of sp³-hybridized carbons (Fsp3) is 0.353. The van der Waals surface area contributed by atoms with Crippen LogP contribution in [0.1, 0.15) is 24.1 Å². The lowest BCUT2D eigenvalue weighted by Crippen LogP contribution is -2.42. The highest BCUT2D eigenvalue weighted by Gasteiger charge is 2.34. The van der Waals surface area contributed by atoms with Crippen LogP contribution in [-0.2, 0) is 16.0 Å². The van der Waals surface area contributed by atoms with E-state index in [4.69, 9.17) is 0 Å². The molecule has 2 aromatic rings. The molecule has 0 saturated carbocycles. The standard InChI is InChI=1S/C17H18N4O4/c1-10-12(9-14(22)21-8-2-3-13(21)17(24)25)16(23)20-15(19-10)11-4-6-18-7-5-11/h4-7,13H,2-3,8-9H2,1H3,(H,24,25)(H,19,20,23). The number of hydrogen-bond acceptors (Lipinski definition) is 5. The van der Waals surface area contributed by atoms with Gasteiger partial charge in [0, 0.05) is 35.8 Å². The highest BCUT2D eigenvalue weighted by atomic mass is 16.4. The number of likely N-dealkylation sites (tertiary alicyclic amines) is 1. The first-order chi connectivity index (χ1) is 12.0. The maximum absolute atomic E-state index is 12.5. The van der Waals surface area contributed by atoms with Gasteiger partial charge in [-0.05, 0) is 31.9 Å². The molecule has 1 amide bonds. The number of aryl methyl sites for hydroxylation is 1. The van der Waals surface area contributed by atoms with Gasteiger partial charge in [0.1, 0.15) is 11.9 Å². The Morgan fingerprint density at radius 3 is 2.72 bits per heavy atom. The fourth-order valence-electron chi connectivity index (χ4n) is 3.04. The Labute approximate surface area is 143 Å². The Kier molecular flexibility index (Phi) is 4.60. The van der Waals surface area contributed by atoms with Crippen molar-refractivity contribution in [2.45, 2.75) is 32.2 Å². The maximum atomic E-state index is 12.5. The quantitative estimate of drug-likeness (QED) is 0.847. The summed E-state index contributed by atoms with van der Waals surface area (Å²) in [5, 5.41) is 9.19. The molecule has 2 aromatic heterocycles. The van der Waals surface area contributed by atoms with E-state index in [-0.39, 0.29) is 17.9 Å². The van der Waals surface area contributed by atoms with E-state index in [2.05, 4.69) is 15.0 Å². The SMILES string of the molecule is Cc1nc(-c2ccncc2)[nH]c(=O)c1CC(=O)N1CCCC1C(=O)O. The summed E-state index contributed by atoms with van der Waals surface area (Å²) in [5.41, 5.74) is 1.05. The van der Waals surface area contributed by atoms with Gasteiger partial charge in [0.05, 0.1) is 6.42 Å². The summed E-state index contributed by atoms with van der Waals surface area (Å²) in [6.07, 6.45) is 4.13. The fourth-order valence-corrected chi connectivity index (χ4v) is 3.04. The number of nitrogens with zero attached hydrogens (tertiary/aromatic N) is 3. The second kappa shape index (κ2) is 6.84. The third-order valence-corrected chi connectivity index (χ3v) is 4.36. The number of aromatic nitrogens is 3. The Balaban J connectivity index is 1.85. The lowest BCUT2D eigenvalue weighted by Gasteiger charge is -2.21. The van der Waals surface area contributed by atoms with E-state index in [9.17, 15) is 19.5 Å². The molecule has 1 aliphatic heterocycles. The van der Waals surface area contributed by atoms with Gasteiger partial charge in [-0.1, -0.05) is 0 Å². The second-order valence-corrected chi connectivity index (χ2v) is 5.97. The second-order valence-electron chi connectivity index (χ2n) is 5.97. The first kappa shape index (κ1) is 16.8. The van der Waals surface area contributed by atoms with Crippen LogP contribution in [0, 0.1) is 6.92 Å². The van der Waals surface area contributed by atoms with E-state index in [1.807, 2.05) is 0 Å². The molecule has 0 radical (unpaired) electrons. The zero-order chi connectivity index (χ0) is 18.0. The third-order valence-electron chi connectivity index (χ3n) is 4.36. The average molecular weight is 342 g/mol. The van der Waals surface area contributed by atoms with Crippen LogP contribution in [-0.4, -0.2) is 49.4 Å². The van der Waals surface area contributed by atoms with E-state index in [1.54, 1.807) is 31.5 Å². The molecule has 1 unspecified atom stereocenters. The zero-order valence-electron chi connectivity index (χ0n) is 13.7. The van der Waals surface area contributed by atoms with Crippen molar-refractivity contribution in [2.75, 3.05) is 6.54 Å². The van der Waals surface area contributed by atoms with Crippen LogP contribution in [0.3, 0.4) is 0 Å². The number of carbonyl (C=O) groups excluding carboxylic acids is 1. The summed E-state index contributed by atoms with van der Waals surface area (Å²) in [6.45, 7) is 2.07. The molecule has 0 aliphatic carbocycles. The zero-order valence-corrected chi connectivity index (χ0v) is 13.7. The van der Waals surface area contributed by atoms with Crippen LogP contribution in [0.15, 0.2) is 29.3 Å². The van der Waals surface area contributed by atoms with Gasteiger partial charge >= 0.3 is 5.97 Å². The maximum Gasteiger partial charge on any atom is 0.326 e. The molecule has 0 bridgehead atoms. The Hall–Kier alpha value is -3.03. The molecule has 130 valence electrons. The van der Waals surface area contributed by atoms with Crippen LogP contribution in [0.4, 0.5) is 0 Å². The molecule has 3 heterocycles. The predicted molar refractivity (Wildman–Crippen MR) is 88.9 cm³/mol. The van der Waals surface area contributed by atoms with Crippen molar-refractivity contribution in [3.8, 4) is 11.4 Å². The molecule has 1 atom stereocenters. The molecular formula is C17H18N4O4. The summed E-state index contributed by atoms with van der Waals surface area (Å²) in [7, 11) is 0. The van der Waals surface area contributed by atoms with Gasteiger partial charge in [0.2, 0.25) is 5.91 Å². The topological polar surface area (TPSA) is 116 Å². The Morgan fingerprint density at radius 1 is 1.36 bits per heavy atom. The van der Waals surface area contributed by atoms with E-state index in [0.717, 1.165) is 5.56 Å². The van der Waals surface area contributed by atoms with Crippen molar-refractivity contribution in [1.82, 2.24) is 19.9 Å². The van der Waals surface area contributed by atoms with Gasteiger partial charge in [-0.3, -0.25) is 14.6 Å². The third kappa shape index (κ3) is 3.42. The Morgan fingerprint density at radius 2 is 2.08 bits per heavy atom. The summed E-state index contributed by atoms with van der Waals surface area (Å²) >= 11 is 0. The predicted octanol–water partition coefficient (Wildman–Crippen LogP) is 0.758. The molecule has 1 fully saturated rings. The first-order valence-corrected chi connectivity index (χ1v) is 8.00. The van der Waals surface area contributed by atoms with Gasteiger partial charge in [-0.15, -0.1) is 0 Å². The molecular weight excluding hydrogens is 324 g/mol. The number of aliphatic carboxylic acids is 1. The number of rotatable bonds is 4. The number of hydrogen-bond donors (Lipinski definition) is 2. The van der Waals surface area contributed by atoms with E-state index in [0.29, 0.717) is 30.9 Å². The number of pyridine rings is 1. The van der Waals surface area contributed by atoms with E-state index < -0.39 is 17.6 Å². The molecule has 0 aromatic carbocycles. The van der Waals surface area contributed by atoms with Gasteiger partial charge in [-0.2, -0.15) is 0 Å². The smallest absolute Gasteiger partial charge is 0.326 e. The molecule has 1 aliphatic rings. The number of carboxylic acids is 1. The van der Waals surface area contributed by atoms with Gasteiger partial charge in [0.25, 0.3) is 5.56 Å². The molecule has 3 rings (SSSR count). The number of carbonyl (C=O) groups is 2. The van der Waals surface area contributed by atoms with Crippen LogP contribution >= 0.6 is 0 Å². The van der Waals surface area contributed by atoms with Crippen LogP contribution in [0.2, 0.25) is 0 Å². The number of nitrogens with one attached hydrogen (secondary N) is 1. The van der Waals surface area contributed by atoms with E-state index >= 15 is 0 Å². The molecule has 8 heteroatoms. The van der Waals surface area contributed by atoms with Crippen LogP contribution < -0.4 is 5.56 Å². The molecule has 0 spiro atoms. The minimum atomic E-state index is -1.01. The monoisotopic (exact) mass is 342 g/mol. The minimum absolute atomic E-state index is 0.158. The van der Waals surface area contributed by atoms with E-state index in [1.165, 1.54) is 4.90 Å². The summed E-state index contributed by atoms with van der Waals surface area (Å²) in [5.74, 6) is -0.967. The van der Waals surface area contributed by atoms with Crippen LogP contribution in [0.25, 0.3) is 11.4 Å². The van der Waals surface area contributed by atoms with Crippen molar-refractivity contribution in [3.63, 3.8) is 0 Å². The van der Waals surface area contributed by atoms with Crippen molar-refractivity contribution >= 4 is 11.9 Å². The van der Waals surface area contributed by atoms with Crippen molar-refractivity contribution in [3.05, 3.63) is 46.1 Å². The number of amides is 1. The molecule has 2 N–H and O–H groups in total. The summed E-state index contributed by atoms with van der Waals surface area (Å²) < 4.78 is 0. The number of H-pyrrole nitrogens is 1. The minimum Gasteiger partial charge on any atom is -0.480 e. The highest BCUT2D eigenvalue weighted by molar-refractivity contribution is 5.85. The van der Waals surface area contributed by atoms with Crippen molar-refractivity contribution < 1.29 is 14.7 Å². The first-order valence-electron chi connectivity index (χ1n) is 8.00. The van der Waals surface area contributed by atoms with Crippen LogP contribution in [0.5, 0.6) is 0 Å². The summed E-state index contributed by atoms with van der Waals surface area (Å²) in [4.78, 5) is 48.4. The number of carboxylic acid groups (broad SMARTS) is 1. The van der Waals surface area contributed by atoms with Crippen molar-refractivity contribution in [1.29, 1.82) is 0 Å². The normalized spacial score (nSPS) is 16.8. The lowest BCUT2D eigenvalue weighted by atomic mass is 10.1. The highest BCUT2D eigenvalue weighted by Crippen LogP contribution is 2.19. The number of aromatic amines is 1. The van der Waals surface area contributed by atoms with Gasteiger partial charge in [-0.25, -0.2) is 9.78 Å². The molecule has 25 heavy (non-hydrogen) atoms. The van der Waals surface area contributed by atoms with Gasteiger partial charge < -0.3 is 15.0 Å². The van der Waals surface area contributed by atoms with Gasteiger partial charge in [0.15, 0.2) is 0 Å². The average Bonchev–Trinajstić information content (AvgIpc) is 3.08. The lowest BCUT2D eigenvalue weighted by molar-refractivity contribution is -0.148. The summed E-state index contributed by atoms with van der Waals surface area (Å²) in [6, 6.07) is 2.64. The molecule has 1 saturated heterocycles. The van der Waals surface area contributed by atoms with Crippen molar-refractivity contribution in [2.24, 2.45) is 0 Å². The molecule has 8 nitrogen and oxygen atoms in total.